The number of rotatable bonds is 5. The van der Waals surface area contributed by atoms with E-state index in [1.54, 1.807) is 0 Å². The zero-order chi connectivity index (χ0) is 18.4. The maximum absolute atomic E-state index is 6.41. The molecule has 0 unspecified atom stereocenters. The van der Waals surface area contributed by atoms with E-state index in [4.69, 9.17) is 23.8 Å². The molecule has 1 heterocycles. The average molecular weight is 388 g/mol. The second-order valence-electron chi connectivity index (χ2n) is 6.90. The number of benzene rings is 2. The first kappa shape index (κ1) is 19.2. The van der Waals surface area contributed by atoms with Gasteiger partial charge in [-0.3, -0.25) is 0 Å². The quantitative estimate of drug-likeness (QED) is 0.770. The fourth-order valence-electron chi connectivity index (χ4n) is 3.36. The van der Waals surface area contributed by atoms with Crippen molar-refractivity contribution in [1.82, 2.24) is 15.1 Å². The van der Waals surface area contributed by atoms with Gasteiger partial charge in [0.25, 0.3) is 0 Å². The summed E-state index contributed by atoms with van der Waals surface area (Å²) in [5.41, 5.74) is 2.35. The van der Waals surface area contributed by atoms with E-state index in [0.29, 0.717) is 6.04 Å². The summed E-state index contributed by atoms with van der Waals surface area (Å²) < 4.78 is 0. The first-order valence-corrected chi connectivity index (χ1v) is 9.92. The molecule has 0 bridgehead atoms. The number of nitrogens with one attached hydrogen (secondary N) is 1. The molecule has 138 valence electrons. The zero-order valence-corrected chi connectivity index (χ0v) is 16.8. The van der Waals surface area contributed by atoms with E-state index in [9.17, 15) is 0 Å². The van der Waals surface area contributed by atoms with Crippen LogP contribution in [0, 0.1) is 0 Å². The molecule has 0 spiro atoms. The van der Waals surface area contributed by atoms with Gasteiger partial charge in [0.1, 0.15) is 0 Å². The Morgan fingerprint density at radius 1 is 1.12 bits per heavy atom. The van der Waals surface area contributed by atoms with Crippen molar-refractivity contribution in [3.63, 3.8) is 0 Å². The molecular weight excluding hydrogens is 362 g/mol. The van der Waals surface area contributed by atoms with Crippen molar-refractivity contribution in [3.8, 4) is 0 Å². The Kier molecular flexibility index (Phi) is 6.89. The van der Waals surface area contributed by atoms with Crippen molar-refractivity contribution < 1.29 is 0 Å². The summed E-state index contributed by atoms with van der Waals surface area (Å²) in [4.78, 5) is 4.71. The monoisotopic (exact) mass is 387 g/mol. The van der Waals surface area contributed by atoms with E-state index in [2.05, 4.69) is 52.5 Å². The van der Waals surface area contributed by atoms with Crippen molar-refractivity contribution in [3.05, 3.63) is 70.7 Å². The molecule has 3 rings (SSSR count). The summed E-state index contributed by atoms with van der Waals surface area (Å²) in [5, 5.41) is 5.06. The van der Waals surface area contributed by atoms with Crippen molar-refractivity contribution in [2.45, 2.75) is 32.0 Å². The Morgan fingerprint density at radius 2 is 1.77 bits per heavy atom. The molecule has 0 radical (unpaired) electrons. The molecular formula is C21H26ClN3S. The van der Waals surface area contributed by atoms with Crippen molar-refractivity contribution >= 4 is 28.9 Å². The van der Waals surface area contributed by atoms with Crippen LogP contribution in [0.3, 0.4) is 0 Å². The lowest BCUT2D eigenvalue weighted by molar-refractivity contribution is 0.171. The third-order valence-electron chi connectivity index (χ3n) is 4.97. The summed E-state index contributed by atoms with van der Waals surface area (Å²) in [6.07, 6.45) is 2.24. The van der Waals surface area contributed by atoms with Gasteiger partial charge in [-0.1, -0.05) is 60.1 Å². The second-order valence-corrected chi connectivity index (χ2v) is 7.69. The average Bonchev–Trinajstić information content (AvgIpc) is 2.67. The van der Waals surface area contributed by atoms with Crippen LogP contribution in [0.1, 0.15) is 24.0 Å². The predicted molar refractivity (Wildman–Crippen MR) is 113 cm³/mol. The first-order chi connectivity index (χ1) is 12.6. The molecule has 1 aliphatic heterocycles. The van der Waals surface area contributed by atoms with Crippen LogP contribution in [-0.2, 0) is 13.1 Å². The van der Waals surface area contributed by atoms with Gasteiger partial charge in [-0.15, -0.1) is 0 Å². The van der Waals surface area contributed by atoms with Gasteiger partial charge in [-0.2, -0.15) is 0 Å². The number of halogens is 1. The molecule has 1 saturated heterocycles. The third kappa shape index (κ3) is 5.19. The van der Waals surface area contributed by atoms with Crippen LogP contribution in [0.4, 0.5) is 0 Å². The highest BCUT2D eigenvalue weighted by atomic mass is 35.5. The van der Waals surface area contributed by atoms with Gasteiger partial charge in [-0.05, 0) is 62.4 Å². The lowest BCUT2D eigenvalue weighted by Gasteiger charge is -2.39. The minimum Gasteiger partial charge on any atom is -0.358 e. The first-order valence-electron chi connectivity index (χ1n) is 9.14. The van der Waals surface area contributed by atoms with Crippen LogP contribution in [0.25, 0.3) is 0 Å². The van der Waals surface area contributed by atoms with Crippen molar-refractivity contribution in [2.24, 2.45) is 0 Å². The Hall–Kier alpha value is -1.62. The summed E-state index contributed by atoms with van der Waals surface area (Å²) in [7, 11) is 2.18. The highest BCUT2D eigenvalue weighted by molar-refractivity contribution is 7.80. The van der Waals surface area contributed by atoms with Crippen LogP contribution in [0.5, 0.6) is 0 Å². The van der Waals surface area contributed by atoms with E-state index in [1.807, 2.05) is 24.3 Å². The van der Waals surface area contributed by atoms with Gasteiger partial charge in [0.15, 0.2) is 5.11 Å². The van der Waals surface area contributed by atoms with Crippen LogP contribution in [0.15, 0.2) is 54.6 Å². The van der Waals surface area contributed by atoms with E-state index in [1.165, 1.54) is 5.56 Å². The Labute approximate surface area is 166 Å². The summed E-state index contributed by atoms with van der Waals surface area (Å²) in [6.45, 7) is 3.69. The van der Waals surface area contributed by atoms with Gasteiger partial charge < -0.3 is 15.1 Å². The largest absolute Gasteiger partial charge is 0.358 e. The van der Waals surface area contributed by atoms with Crippen molar-refractivity contribution in [2.75, 3.05) is 20.1 Å². The molecule has 0 atom stereocenters. The molecule has 0 aromatic heterocycles. The second kappa shape index (κ2) is 9.36. The van der Waals surface area contributed by atoms with Crippen LogP contribution in [0.2, 0.25) is 5.02 Å². The minimum atomic E-state index is 0.443. The number of piperidine rings is 1. The Balaban J connectivity index is 1.71. The molecule has 5 heteroatoms. The molecule has 1 N–H and O–H groups in total. The van der Waals surface area contributed by atoms with Gasteiger partial charge in [0.2, 0.25) is 0 Å². The highest BCUT2D eigenvalue weighted by Crippen LogP contribution is 2.22. The maximum atomic E-state index is 6.41. The summed E-state index contributed by atoms with van der Waals surface area (Å²) in [6, 6.07) is 18.9. The number of likely N-dealkylation sites (tertiary alicyclic amines) is 1. The number of hydrogen-bond donors (Lipinski definition) is 1. The molecule has 0 amide bonds. The number of nitrogens with zero attached hydrogens (tertiary/aromatic N) is 2. The molecule has 1 aliphatic rings. The fraction of sp³-hybridized carbons (Fsp3) is 0.381. The van der Waals surface area contributed by atoms with E-state index in [0.717, 1.165) is 54.7 Å². The van der Waals surface area contributed by atoms with Crippen LogP contribution < -0.4 is 5.32 Å². The van der Waals surface area contributed by atoms with Crippen LogP contribution >= 0.6 is 23.8 Å². The number of hydrogen-bond acceptors (Lipinski definition) is 2. The molecule has 2 aromatic carbocycles. The lowest BCUT2D eigenvalue weighted by Crippen LogP contribution is -2.49. The summed E-state index contributed by atoms with van der Waals surface area (Å²) >= 11 is 12.2. The molecule has 0 saturated carbocycles. The topological polar surface area (TPSA) is 18.5 Å². The summed E-state index contributed by atoms with van der Waals surface area (Å²) in [5.74, 6) is 0. The zero-order valence-electron chi connectivity index (χ0n) is 15.2. The van der Waals surface area contributed by atoms with E-state index in [-0.39, 0.29) is 0 Å². The molecule has 2 aromatic rings. The maximum Gasteiger partial charge on any atom is 0.169 e. The highest BCUT2D eigenvalue weighted by Gasteiger charge is 2.25. The Morgan fingerprint density at radius 3 is 2.46 bits per heavy atom. The fourth-order valence-corrected chi connectivity index (χ4v) is 3.84. The number of thiocarbonyl (C=S) groups is 1. The van der Waals surface area contributed by atoms with Gasteiger partial charge >= 0.3 is 0 Å². The molecule has 1 fully saturated rings. The molecule has 3 nitrogen and oxygen atoms in total. The van der Waals surface area contributed by atoms with Crippen LogP contribution in [-0.4, -0.2) is 41.1 Å². The molecule has 0 aliphatic carbocycles. The van der Waals surface area contributed by atoms with E-state index < -0.39 is 0 Å². The lowest BCUT2D eigenvalue weighted by atomic mass is 10.0. The molecule has 26 heavy (non-hydrogen) atoms. The van der Waals surface area contributed by atoms with Crippen molar-refractivity contribution in [1.29, 1.82) is 0 Å². The van der Waals surface area contributed by atoms with E-state index >= 15 is 0 Å². The van der Waals surface area contributed by atoms with Gasteiger partial charge in [0.05, 0.1) is 0 Å². The smallest absolute Gasteiger partial charge is 0.169 e. The van der Waals surface area contributed by atoms with Gasteiger partial charge in [0, 0.05) is 24.2 Å². The SMILES string of the molecule is CN1CCC(N(Cc2ccccc2Cl)C(=S)NCc2ccccc2)CC1. The van der Waals surface area contributed by atoms with Gasteiger partial charge in [-0.25, -0.2) is 0 Å². The normalized spacial score (nSPS) is 15.6. The third-order valence-corrected chi connectivity index (χ3v) is 5.72. The Bertz CT molecular complexity index is 714. The standard InChI is InChI=1S/C21H26ClN3S/c1-24-13-11-19(12-14-24)25(16-18-9-5-6-10-20(18)22)21(26)23-15-17-7-3-2-4-8-17/h2-10,19H,11-16H2,1H3,(H,23,26). The minimum absolute atomic E-state index is 0.443. The predicted octanol–water partition coefficient (Wildman–Crippen LogP) is 4.31.